The van der Waals surface area contributed by atoms with Gasteiger partial charge in [0.25, 0.3) is 15.9 Å². The second-order valence-corrected chi connectivity index (χ2v) is 10.2. The number of hydrogen-bond acceptors (Lipinski definition) is 5. The first-order valence-electron chi connectivity index (χ1n) is 11.4. The molecule has 0 unspecified atom stereocenters. The highest BCUT2D eigenvalue weighted by molar-refractivity contribution is 7.92. The molecule has 0 spiro atoms. The Kier molecular flexibility index (Phi) is 7.66. The van der Waals surface area contributed by atoms with Crippen molar-refractivity contribution in [2.45, 2.75) is 11.8 Å². The van der Waals surface area contributed by atoms with Crippen LogP contribution >= 0.6 is 0 Å². The molecule has 2 amide bonds. The molecular formula is C26H26FN3O5S. The van der Waals surface area contributed by atoms with Crippen LogP contribution in [0.2, 0.25) is 0 Å². The third-order valence-corrected chi connectivity index (χ3v) is 7.53. The van der Waals surface area contributed by atoms with Crippen molar-refractivity contribution in [2.75, 3.05) is 42.5 Å². The van der Waals surface area contributed by atoms with E-state index in [1.807, 2.05) is 6.92 Å². The number of sulfonamides is 1. The van der Waals surface area contributed by atoms with Crippen molar-refractivity contribution in [3.8, 4) is 0 Å². The third kappa shape index (κ3) is 5.72. The number of carbonyl (C=O) groups is 2. The zero-order chi connectivity index (χ0) is 25.7. The summed E-state index contributed by atoms with van der Waals surface area (Å²) in [5.74, 6) is -1.44. The van der Waals surface area contributed by atoms with Gasteiger partial charge in [0.1, 0.15) is 12.4 Å². The number of amides is 2. The van der Waals surface area contributed by atoms with Crippen LogP contribution in [0.15, 0.2) is 77.7 Å². The average Bonchev–Trinajstić information content (AvgIpc) is 2.88. The van der Waals surface area contributed by atoms with Crippen LogP contribution in [0.4, 0.5) is 15.8 Å². The molecule has 0 aliphatic carbocycles. The maximum absolute atomic E-state index is 13.5. The van der Waals surface area contributed by atoms with Gasteiger partial charge in [-0.05, 0) is 55.5 Å². The number of rotatable bonds is 7. The van der Waals surface area contributed by atoms with E-state index in [4.69, 9.17) is 4.74 Å². The van der Waals surface area contributed by atoms with E-state index >= 15 is 0 Å². The molecule has 3 aromatic carbocycles. The number of aryl methyl sites for hydroxylation is 1. The minimum atomic E-state index is -4.15. The molecule has 8 nitrogen and oxygen atoms in total. The standard InChI is InChI=1S/C26H26FN3O5S/c1-19-6-12-22(13-7-19)36(33,34)30(21-10-8-20(27)9-11-21)18-25(31)28-24-5-3-2-4-23(24)26(32)29-14-16-35-17-15-29/h2-13H,14-18H2,1H3,(H,28,31). The Hall–Kier alpha value is -3.76. The van der Waals surface area contributed by atoms with Crippen molar-refractivity contribution in [3.63, 3.8) is 0 Å². The summed E-state index contributed by atoms with van der Waals surface area (Å²) in [5, 5.41) is 2.68. The summed E-state index contributed by atoms with van der Waals surface area (Å²) < 4.78 is 46.7. The van der Waals surface area contributed by atoms with Gasteiger partial charge in [0.2, 0.25) is 5.91 Å². The lowest BCUT2D eigenvalue weighted by Crippen LogP contribution is -2.41. The Balaban J connectivity index is 1.61. The van der Waals surface area contributed by atoms with Gasteiger partial charge in [0.05, 0.1) is 35.0 Å². The topological polar surface area (TPSA) is 96.0 Å². The summed E-state index contributed by atoms with van der Waals surface area (Å²) in [4.78, 5) is 27.8. The Morgan fingerprint density at radius 2 is 1.61 bits per heavy atom. The highest BCUT2D eigenvalue weighted by atomic mass is 32.2. The van der Waals surface area contributed by atoms with E-state index in [9.17, 15) is 22.4 Å². The molecular weight excluding hydrogens is 485 g/mol. The quantitative estimate of drug-likeness (QED) is 0.524. The highest BCUT2D eigenvalue weighted by Gasteiger charge is 2.28. The number of nitrogens with zero attached hydrogens (tertiary/aromatic N) is 2. The van der Waals surface area contributed by atoms with Crippen LogP contribution in [0.25, 0.3) is 0 Å². The minimum absolute atomic E-state index is 0.00637. The zero-order valence-corrected chi connectivity index (χ0v) is 20.5. The third-order valence-electron chi connectivity index (χ3n) is 5.74. The predicted octanol–water partition coefficient (Wildman–Crippen LogP) is 3.44. The van der Waals surface area contributed by atoms with Gasteiger partial charge in [-0.15, -0.1) is 0 Å². The Labute approximate surface area is 209 Å². The summed E-state index contributed by atoms with van der Waals surface area (Å²) in [7, 11) is -4.15. The number of benzene rings is 3. The number of anilines is 2. The van der Waals surface area contributed by atoms with Crippen LogP contribution in [0, 0.1) is 12.7 Å². The number of halogens is 1. The minimum Gasteiger partial charge on any atom is -0.378 e. The first-order valence-corrected chi connectivity index (χ1v) is 12.8. The average molecular weight is 512 g/mol. The molecule has 188 valence electrons. The van der Waals surface area contributed by atoms with Crippen molar-refractivity contribution in [2.24, 2.45) is 0 Å². The smallest absolute Gasteiger partial charge is 0.264 e. The van der Waals surface area contributed by atoms with E-state index in [0.717, 1.165) is 22.0 Å². The number of carbonyl (C=O) groups excluding carboxylic acids is 2. The molecule has 0 aromatic heterocycles. The van der Waals surface area contributed by atoms with Gasteiger partial charge >= 0.3 is 0 Å². The maximum atomic E-state index is 13.5. The largest absolute Gasteiger partial charge is 0.378 e. The van der Waals surface area contributed by atoms with Gasteiger partial charge < -0.3 is 15.0 Å². The molecule has 0 bridgehead atoms. The van der Waals surface area contributed by atoms with E-state index in [0.29, 0.717) is 31.9 Å². The normalized spacial score (nSPS) is 13.8. The van der Waals surface area contributed by atoms with Crippen molar-refractivity contribution in [1.82, 2.24) is 4.90 Å². The molecule has 1 fully saturated rings. The fourth-order valence-electron chi connectivity index (χ4n) is 3.80. The van der Waals surface area contributed by atoms with Crippen molar-refractivity contribution < 1.29 is 27.1 Å². The molecule has 1 saturated heterocycles. The summed E-state index contributed by atoms with van der Waals surface area (Å²) in [6, 6.07) is 17.6. The fourth-order valence-corrected chi connectivity index (χ4v) is 5.22. The van der Waals surface area contributed by atoms with Gasteiger partial charge in [0, 0.05) is 13.1 Å². The van der Waals surface area contributed by atoms with Crippen molar-refractivity contribution in [1.29, 1.82) is 0 Å². The Bertz CT molecular complexity index is 1340. The summed E-state index contributed by atoms with van der Waals surface area (Å²) in [6.07, 6.45) is 0. The fraction of sp³-hybridized carbons (Fsp3) is 0.231. The molecule has 1 aliphatic heterocycles. The number of hydrogen-bond donors (Lipinski definition) is 1. The second-order valence-electron chi connectivity index (χ2n) is 8.30. The van der Waals surface area contributed by atoms with E-state index in [1.165, 1.54) is 24.3 Å². The van der Waals surface area contributed by atoms with Crippen molar-refractivity contribution >= 4 is 33.2 Å². The van der Waals surface area contributed by atoms with Crippen LogP contribution in [0.1, 0.15) is 15.9 Å². The summed E-state index contributed by atoms with van der Waals surface area (Å²) >= 11 is 0. The number of para-hydroxylation sites is 1. The molecule has 0 atom stereocenters. The Morgan fingerprint density at radius 3 is 2.28 bits per heavy atom. The molecule has 3 aromatic rings. The molecule has 4 rings (SSSR count). The van der Waals surface area contributed by atoms with Crippen LogP contribution < -0.4 is 9.62 Å². The highest BCUT2D eigenvalue weighted by Crippen LogP contribution is 2.25. The molecule has 0 saturated carbocycles. The molecule has 1 heterocycles. The second kappa shape index (κ2) is 10.9. The molecule has 1 N–H and O–H groups in total. The number of ether oxygens (including phenoxy) is 1. The number of morpholine rings is 1. The first kappa shape index (κ1) is 25.3. The molecule has 0 radical (unpaired) electrons. The van der Waals surface area contributed by atoms with Crippen molar-refractivity contribution in [3.05, 3.63) is 89.7 Å². The zero-order valence-electron chi connectivity index (χ0n) is 19.7. The molecule has 10 heteroatoms. The monoisotopic (exact) mass is 511 g/mol. The molecule has 36 heavy (non-hydrogen) atoms. The lowest BCUT2D eigenvalue weighted by atomic mass is 10.1. The van der Waals surface area contributed by atoms with E-state index in [2.05, 4.69) is 5.32 Å². The Morgan fingerprint density at radius 1 is 0.972 bits per heavy atom. The van der Waals surface area contributed by atoms with Gasteiger partial charge in [-0.25, -0.2) is 12.8 Å². The predicted molar refractivity (Wildman–Crippen MR) is 134 cm³/mol. The van der Waals surface area contributed by atoms with Crippen LogP contribution in [0.5, 0.6) is 0 Å². The first-order chi connectivity index (χ1) is 17.3. The van der Waals surface area contributed by atoms with Crippen LogP contribution in [-0.4, -0.2) is 58.0 Å². The lowest BCUT2D eigenvalue weighted by Gasteiger charge is -2.28. The maximum Gasteiger partial charge on any atom is 0.264 e. The SMILES string of the molecule is Cc1ccc(S(=O)(=O)N(CC(=O)Nc2ccccc2C(=O)N2CCOCC2)c2ccc(F)cc2)cc1. The summed E-state index contributed by atoms with van der Waals surface area (Å²) in [5.41, 5.74) is 1.57. The lowest BCUT2D eigenvalue weighted by molar-refractivity contribution is -0.114. The number of nitrogens with one attached hydrogen (secondary N) is 1. The van der Waals surface area contributed by atoms with Gasteiger partial charge in [0.15, 0.2) is 0 Å². The van der Waals surface area contributed by atoms with Gasteiger partial charge in [-0.2, -0.15) is 0 Å². The van der Waals surface area contributed by atoms with Gasteiger partial charge in [-0.3, -0.25) is 13.9 Å². The summed E-state index contributed by atoms with van der Waals surface area (Å²) in [6.45, 7) is 3.00. The van der Waals surface area contributed by atoms with E-state index < -0.39 is 28.3 Å². The molecule has 1 aliphatic rings. The van der Waals surface area contributed by atoms with E-state index in [1.54, 1.807) is 41.3 Å². The van der Waals surface area contributed by atoms with Crippen LogP contribution in [0.3, 0.4) is 0 Å². The van der Waals surface area contributed by atoms with E-state index in [-0.39, 0.29) is 22.2 Å². The van der Waals surface area contributed by atoms with Gasteiger partial charge in [-0.1, -0.05) is 29.8 Å². The van der Waals surface area contributed by atoms with Crippen LogP contribution in [-0.2, 0) is 19.6 Å².